The molecule has 2 N–H and O–H groups in total. The van der Waals surface area contributed by atoms with Gasteiger partial charge in [0.2, 0.25) is 11.8 Å². The van der Waals surface area contributed by atoms with Gasteiger partial charge in [-0.3, -0.25) is 19.3 Å². The molecule has 8 heteroatoms. The second kappa shape index (κ2) is 8.35. The molecule has 0 radical (unpaired) electrons. The zero-order chi connectivity index (χ0) is 17.6. The third-order valence-corrected chi connectivity index (χ3v) is 5.18. The smallest absolute Gasteiger partial charge is 0.279 e. The number of nitrogens with zero attached hydrogens (tertiary/aromatic N) is 2. The molecule has 7 nitrogen and oxygen atoms in total. The fourth-order valence-electron chi connectivity index (χ4n) is 3.01. The van der Waals surface area contributed by atoms with Gasteiger partial charge in [-0.05, 0) is 18.6 Å². The molecule has 0 aliphatic carbocycles. The second-order valence-electron chi connectivity index (χ2n) is 6.16. The van der Waals surface area contributed by atoms with E-state index in [2.05, 4.69) is 15.5 Å². The highest BCUT2D eigenvalue weighted by Crippen LogP contribution is 2.16. The van der Waals surface area contributed by atoms with Crippen LogP contribution in [-0.2, 0) is 9.59 Å². The van der Waals surface area contributed by atoms with Crippen LogP contribution in [0.25, 0.3) is 0 Å². The summed E-state index contributed by atoms with van der Waals surface area (Å²) in [6, 6.07) is 8.96. The van der Waals surface area contributed by atoms with E-state index in [1.54, 1.807) is 4.90 Å². The molecule has 0 aromatic heterocycles. The zero-order valence-corrected chi connectivity index (χ0v) is 14.8. The topological polar surface area (TPSA) is 81.8 Å². The van der Waals surface area contributed by atoms with Gasteiger partial charge < -0.3 is 15.5 Å². The first-order chi connectivity index (χ1) is 12.1. The van der Waals surface area contributed by atoms with E-state index in [0.717, 1.165) is 30.4 Å². The summed E-state index contributed by atoms with van der Waals surface area (Å²) in [5, 5.41) is 5.45. The van der Waals surface area contributed by atoms with Crippen molar-refractivity contribution in [3.63, 3.8) is 0 Å². The number of anilines is 1. The van der Waals surface area contributed by atoms with Crippen molar-refractivity contribution in [2.24, 2.45) is 0 Å². The minimum atomic E-state index is -0.412. The highest BCUT2D eigenvalue weighted by molar-refractivity contribution is 8.14. The quantitative estimate of drug-likeness (QED) is 0.835. The fourth-order valence-corrected chi connectivity index (χ4v) is 3.78. The maximum atomic E-state index is 12.5. The largest absolute Gasteiger partial charge is 0.340 e. The average Bonchev–Trinajstić information content (AvgIpc) is 2.90. The number of carbonyl (C=O) groups excluding carboxylic acids is 3. The maximum absolute atomic E-state index is 12.5. The molecule has 0 bridgehead atoms. The Balaban J connectivity index is 1.47. The Morgan fingerprint density at radius 3 is 2.68 bits per heavy atom. The van der Waals surface area contributed by atoms with Gasteiger partial charge in [0.1, 0.15) is 6.04 Å². The maximum Gasteiger partial charge on any atom is 0.279 e. The molecule has 2 fully saturated rings. The van der Waals surface area contributed by atoms with Crippen LogP contribution in [0.2, 0.25) is 0 Å². The fraction of sp³-hybridized carbons (Fsp3) is 0.471. The van der Waals surface area contributed by atoms with E-state index >= 15 is 0 Å². The predicted molar refractivity (Wildman–Crippen MR) is 97.5 cm³/mol. The summed E-state index contributed by atoms with van der Waals surface area (Å²) in [4.78, 5) is 39.8. The van der Waals surface area contributed by atoms with Crippen molar-refractivity contribution in [2.45, 2.75) is 12.5 Å². The minimum absolute atomic E-state index is 0.0195. The molecule has 1 aromatic rings. The minimum Gasteiger partial charge on any atom is -0.340 e. The SMILES string of the molecule is O=C(CN1CCCN(C(=O)C2CSC(=O)N2)CC1)Nc1ccccc1. The van der Waals surface area contributed by atoms with Gasteiger partial charge in [-0.15, -0.1) is 0 Å². The molecule has 3 rings (SSSR count). The summed E-state index contributed by atoms with van der Waals surface area (Å²) in [5.41, 5.74) is 0.786. The number of amides is 3. The lowest BCUT2D eigenvalue weighted by atomic mass is 10.2. The number of thioether (sulfide) groups is 1. The summed E-state index contributed by atoms with van der Waals surface area (Å²) in [5.74, 6) is 0.427. The van der Waals surface area contributed by atoms with Crippen LogP contribution in [0.5, 0.6) is 0 Å². The second-order valence-corrected chi connectivity index (χ2v) is 7.16. The number of hydrogen-bond acceptors (Lipinski definition) is 5. The standard InChI is InChI=1S/C17H22N4O3S/c22-15(18-13-5-2-1-3-6-13)11-20-7-4-8-21(10-9-20)16(23)14-12-25-17(24)19-14/h1-3,5-6,14H,4,7-12H2,(H,18,22)(H,19,24). The van der Waals surface area contributed by atoms with Crippen LogP contribution in [0.4, 0.5) is 10.5 Å². The molecule has 1 aromatic carbocycles. The van der Waals surface area contributed by atoms with Gasteiger partial charge in [-0.25, -0.2) is 0 Å². The van der Waals surface area contributed by atoms with Crippen LogP contribution in [0.1, 0.15) is 6.42 Å². The Kier molecular flexibility index (Phi) is 5.93. The first-order valence-corrected chi connectivity index (χ1v) is 9.40. The van der Waals surface area contributed by atoms with Gasteiger partial charge in [0.25, 0.3) is 5.24 Å². The summed E-state index contributed by atoms with van der Waals surface area (Å²) in [6.45, 7) is 2.98. The first-order valence-electron chi connectivity index (χ1n) is 8.41. The monoisotopic (exact) mass is 362 g/mol. The van der Waals surface area contributed by atoms with Crippen LogP contribution in [0.3, 0.4) is 0 Å². The summed E-state index contributed by atoms with van der Waals surface area (Å²) in [6.07, 6.45) is 0.818. The van der Waals surface area contributed by atoms with Crippen LogP contribution in [0.15, 0.2) is 30.3 Å². The lowest BCUT2D eigenvalue weighted by Gasteiger charge is -2.24. The van der Waals surface area contributed by atoms with Crippen molar-refractivity contribution < 1.29 is 14.4 Å². The predicted octanol–water partition coefficient (Wildman–Crippen LogP) is 0.984. The molecule has 134 valence electrons. The molecule has 0 saturated carbocycles. The Bertz CT molecular complexity index is 640. The summed E-state index contributed by atoms with van der Waals surface area (Å²) < 4.78 is 0. The van der Waals surface area contributed by atoms with Crippen LogP contribution < -0.4 is 10.6 Å². The van der Waals surface area contributed by atoms with Gasteiger partial charge >= 0.3 is 0 Å². The average molecular weight is 362 g/mol. The third-order valence-electron chi connectivity index (χ3n) is 4.30. The summed E-state index contributed by atoms with van der Waals surface area (Å²) >= 11 is 1.15. The van der Waals surface area contributed by atoms with Crippen molar-refractivity contribution in [1.29, 1.82) is 0 Å². The van der Waals surface area contributed by atoms with E-state index in [4.69, 9.17) is 0 Å². The van der Waals surface area contributed by atoms with Gasteiger partial charge in [0.15, 0.2) is 0 Å². The van der Waals surface area contributed by atoms with Gasteiger partial charge in [0.05, 0.1) is 6.54 Å². The number of rotatable bonds is 4. The molecule has 2 heterocycles. The van der Waals surface area contributed by atoms with Gasteiger partial charge in [-0.2, -0.15) is 0 Å². The lowest BCUT2D eigenvalue weighted by Crippen LogP contribution is -2.47. The van der Waals surface area contributed by atoms with Crippen LogP contribution >= 0.6 is 11.8 Å². The number of carbonyl (C=O) groups is 3. The number of benzene rings is 1. The Hall–Kier alpha value is -2.06. The van der Waals surface area contributed by atoms with E-state index in [9.17, 15) is 14.4 Å². The molecular formula is C17H22N4O3S. The Labute approximate surface area is 151 Å². The summed E-state index contributed by atoms with van der Waals surface area (Å²) in [7, 11) is 0. The van der Waals surface area contributed by atoms with Gasteiger partial charge in [-0.1, -0.05) is 30.0 Å². The molecule has 0 spiro atoms. The number of hydrogen-bond donors (Lipinski definition) is 2. The van der Waals surface area contributed by atoms with E-state index in [0.29, 0.717) is 31.9 Å². The highest BCUT2D eigenvalue weighted by Gasteiger charge is 2.32. The zero-order valence-electron chi connectivity index (χ0n) is 13.9. The molecule has 25 heavy (non-hydrogen) atoms. The molecular weight excluding hydrogens is 340 g/mol. The molecule has 2 aliphatic rings. The van der Waals surface area contributed by atoms with E-state index < -0.39 is 6.04 Å². The van der Waals surface area contributed by atoms with Crippen LogP contribution in [0, 0.1) is 0 Å². The third kappa shape index (κ3) is 4.96. The van der Waals surface area contributed by atoms with E-state index in [-0.39, 0.29) is 17.1 Å². The van der Waals surface area contributed by atoms with Crippen molar-refractivity contribution in [1.82, 2.24) is 15.1 Å². The van der Waals surface area contributed by atoms with E-state index in [1.165, 1.54) is 0 Å². The molecule has 1 atom stereocenters. The Morgan fingerprint density at radius 1 is 1.16 bits per heavy atom. The molecule has 1 unspecified atom stereocenters. The van der Waals surface area contributed by atoms with Crippen LogP contribution in [-0.4, -0.2) is 71.4 Å². The Morgan fingerprint density at radius 2 is 1.96 bits per heavy atom. The number of nitrogens with one attached hydrogen (secondary N) is 2. The van der Waals surface area contributed by atoms with Crippen molar-refractivity contribution in [2.75, 3.05) is 43.8 Å². The number of para-hydroxylation sites is 1. The lowest BCUT2D eigenvalue weighted by molar-refractivity contribution is -0.132. The molecule has 2 aliphatic heterocycles. The van der Waals surface area contributed by atoms with E-state index in [1.807, 2.05) is 30.3 Å². The van der Waals surface area contributed by atoms with Crippen molar-refractivity contribution in [3.8, 4) is 0 Å². The highest BCUT2D eigenvalue weighted by atomic mass is 32.2. The molecule has 3 amide bonds. The molecule has 2 saturated heterocycles. The first kappa shape index (κ1) is 17.8. The van der Waals surface area contributed by atoms with Crippen molar-refractivity contribution >= 4 is 34.5 Å². The normalized spacial score (nSPS) is 21.5. The van der Waals surface area contributed by atoms with Crippen molar-refractivity contribution in [3.05, 3.63) is 30.3 Å². The van der Waals surface area contributed by atoms with Gasteiger partial charge in [0, 0.05) is 37.6 Å².